The molecule has 0 unspecified atom stereocenters. The molecule has 0 saturated carbocycles. The third-order valence-electron chi connectivity index (χ3n) is 4.23. The Morgan fingerprint density at radius 2 is 1.30 bits per heavy atom. The second kappa shape index (κ2) is 10.1. The number of halogens is 1. The van der Waals surface area contributed by atoms with E-state index in [1.807, 2.05) is 48.5 Å². The summed E-state index contributed by atoms with van der Waals surface area (Å²) in [6.45, 7) is 2.23. The molecule has 0 spiro atoms. The minimum Gasteiger partial charge on any atom is -0.489 e. The second-order valence-corrected chi connectivity index (χ2v) is 6.94. The van der Waals surface area contributed by atoms with Crippen molar-refractivity contribution in [3.05, 3.63) is 101 Å². The van der Waals surface area contributed by atoms with Gasteiger partial charge in [0.1, 0.15) is 18.5 Å². The van der Waals surface area contributed by atoms with Crippen LogP contribution in [0.3, 0.4) is 0 Å². The van der Waals surface area contributed by atoms with Gasteiger partial charge in [0.25, 0.3) is 0 Å². The Morgan fingerprint density at radius 3 is 1.85 bits per heavy atom. The molecule has 0 heterocycles. The van der Waals surface area contributed by atoms with Crippen LogP contribution in [0.25, 0.3) is 0 Å². The smallest absolute Gasteiger partial charge is 0.138 e. The van der Waals surface area contributed by atoms with E-state index in [1.54, 1.807) is 12.1 Å². The highest BCUT2D eigenvalue weighted by Gasteiger charge is 2.14. The monoisotopic (exact) mass is 381 g/mol. The van der Waals surface area contributed by atoms with Gasteiger partial charge in [0, 0.05) is 19.6 Å². The summed E-state index contributed by atoms with van der Waals surface area (Å²) in [4.78, 5) is 2.23. The Labute approximate surface area is 165 Å². The zero-order chi connectivity index (χ0) is 18.9. The third kappa shape index (κ3) is 6.40. The molecule has 3 rings (SSSR count). The molecule has 3 aromatic rings. The summed E-state index contributed by atoms with van der Waals surface area (Å²) < 4.78 is 5.69. The first kappa shape index (κ1) is 19.4. The molecule has 0 aliphatic rings. The van der Waals surface area contributed by atoms with Crippen molar-refractivity contribution in [2.45, 2.75) is 19.2 Å². The van der Waals surface area contributed by atoms with Crippen molar-refractivity contribution in [3.8, 4) is 5.75 Å². The van der Waals surface area contributed by atoms with E-state index in [2.05, 4.69) is 29.2 Å². The van der Waals surface area contributed by atoms with Gasteiger partial charge in [0.05, 0.1) is 5.02 Å². The van der Waals surface area contributed by atoms with Crippen LogP contribution in [0.5, 0.6) is 5.75 Å². The number of rotatable bonds is 9. The average molecular weight is 382 g/mol. The van der Waals surface area contributed by atoms with Gasteiger partial charge in [-0.05, 0) is 23.3 Å². The maximum absolute atomic E-state index is 10.5. The number of ether oxygens (including phenoxy) is 1. The van der Waals surface area contributed by atoms with E-state index in [9.17, 15) is 5.11 Å². The number of nitrogens with zero attached hydrogens (tertiary/aromatic N) is 1. The van der Waals surface area contributed by atoms with Crippen molar-refractivity contribution in [1.29, 1.82) is 0 Å². The van der Waals surface area contributed by atoms with E-state index in [0.29, 0.717) is 17.3 Å². The van der Waals surface area contributed by atoms with Crippen LogP contribution < -0.4 is 4.74 Å². The van der Waals surface area contributed by atoms with E-state index in [0.717, 1.165) is 13.1 Å². The third-order valence-corrected chi connectivity index (χ3v) is 4.55. The molecule has 0 saturated heterocycles. The van der Waals surface area contributed by atoms with E-state index in [1.165, 1.54) is 11.1 Å². The predicted octanol–water partition coefficient (Wildman–Crippen LogP) is 4.78. The van der Waals surface area contributed by atoms with Gasteiger partial charge in [-0.15, -0.1) is 0 Å². The van der Waals surface area contributed by atoms with E-state index in [4.69, 9.17) is 16.3 Å². The first-order chi connectivity index (χ1) is 13.2. The molecule has 0 aliphatic carbocycles. The zero-order valence-electron chi connectivity index (χ0n) is 15.2. The summed E-state index contributed by atoms with van der Waals surface area (Å²) >= 11 is 6.11. The van der Waals surface area contributed by atoms with Gasteiger partial charge in [-0.3, -0.25) is 4.90 Å². The molecule has 0 radical (unpaired) electrons. The Bertz CT molecular complexity index is 769. The normalized spacial score (nSPS) is 12.1. The molecule has 4 heteroatoms. The molecular formula is C23H24ClNO2. The lowest BCUT2D eigenvalue weighted by molar-refractivity contribution is 0.0629. The first-order valence-electron chi connectivity index (χ1n) is 9.06. The molecule has 3 aromatic carbocycles. The minimum absolute atomic E-state index is 0.198. The Balaban J connectivity index is 1.62. The van der Waals surface area contributed by atoms with Crippen molar-refractivity contribution >= 4 is 11.6 Å². The van der Waals surface area contributed by atoms with Crippen LogP contribution in [0.2, 0.25) is 5.02 Å². The van der Waals surface area contributed by atoms with Crippen LogP contribution in [0.1, 0.15) is 11.1 Å². The maximum atomic E-state index is 10.5. The zero-order valence-corrected chi connectivity index (χ0v) is 15.9. The number of hydrogen-bond donors (Lipinski definition) is 1. The molecule has 1 atom stereocenters. The van der Waals surface area contributed by atoms with Gasteiger partial charge in [-0.1, -0.05) is 84.4 Å². The molecule has 0 fully saturated rings. The summed E-state index contributed by atoms with van der Waals surface area (Å²) in [5.74, 6) is 0.593. The quantitative estimate of drug-likeness (QED) is 0.578. The van der Waals surface area contributed by atoms with E-state index >= 15 is 0 Å². The molecule has 1 N–H and O–H groups in total. The highest BCUT2D eigenvalue weighted by molar-refractivity contribution is 6.32. The van der Waals surface area contributed by atoms with Gasteiger partial charge in [-0.2, -0.15) is 0 Å². The molecular weight excluding hydrogens is 358 g/mol. The fourth-order valence-electron chi connectivity index (χ4n) is 2.97. The molecule has 3 nitrogen and oxygen atoms in total. The van der Waals surface area contributed by atoms with Crippen LogP contribution in [-0.4, -0.2) is 29.3 Å². The lowest BCUT2D eigenvalue weighted by atomic mass is 10.1. The topological polar surface area (TPSA) is 32.7 Å². The predicted molar refractivity (Wildman–Crippen MR) is 110 cm³/mol. The van der Waals surface area contributed by atoms with Crippen molar-refractivity contribution in [3.63, 3.8) is 0 Å². The molecule has 27 heavy (non-hydrogen) atoms. The van der Waals surface area contributed by atoms with Gasteiger partial charge in [0.2, 0.25) is 0 Å². The fourth-order valence-corrected chi connectivity index (χ4v) is 3.16. The number of aliphatic hydroxyl groups is 1. The molecule has 0 amide bonds. The lowest BCUT2D eigenvalue weighted by Gasteiger charge is -2.25. The summed E-state index contributed by atoms with van der Waals surface area (Å²) in [7, 11) is 0. The number of hydrogen-bond acceptors (Lipinski definition) is 3. The average Bonchev–Trinajstić information content (AvgIpc) is 2.69. The van der Waals surface area contributed by atoms with Gasteiger partial charge in [0.15, 0.2) is 0 Å². The summed E-state index contributed by atoms with van der Waals surface area (Å²) in [5, 5.41) is 11.1. The van der Waals surface area contributed by atoms with Crippen LogP contribution in [0.15, 0.2) is 84.9 Å². The number of benzene rings is 3. The van der Waals surface area contributed by atoms with Crippen LogP contribution in [0.4, 0.5) is 0 Å². The standard InChI is InChI=1S/C23H24ClNO2/c24-22-13-7-8-14-23(22)27-18-21(26)17-25(15-19-9-3-1-4-10-19)16-20-11-5-2-6-12-20/h1-14,21,26H,15-18H2/t21-/m1/s1. The minimum atomic E-state index is -0.617. The van der Waals surface area contributed by atoms with Crippen LogP contribution in [-0.2, 0) is 13.1 Å². The Morgan fingerprint density at radius 1 is 0.778 bits per heavy atom. The van der Waals surface area contributed by atoms with Crippen LogP contribution >= 0.6 is 11.6 Å². The molecule has 140 valence electrons. The molecule has 0 aromatic heterocycles. The number of para-hydroxylation sites is 1. The van der Waals surface area contributed by atoms with Crippen molar-refractivity contribution in [1.82, 2.24) is 4.90 Å². The lowest BCUT2D eigenvalue weighted by Crippen LogP contribution is -2.35. The second-order valence-electron chi connectivity index (χ2n) is 6.54. The van der Waals surface area contributed by atoms with Crippen LogP contribution in [0, 0.1) is 0 Å². The van der Waals surface area contributed by atoms with Gasteiger partial charge in [-0.25, -0.2) is 0 Å². The van der Waals surface area contributed by atoms with Gasteiger partial charge < -0.3 is 9.84 Å². The highest BCUT2D eigenvalue weighted by atomic mass is 35.5. The van der Waals surface area contributed by atoms with E-state index < -0.39 is 6.10 Å². The Hall–Kier alpha value is -2.33. The fraction of sp³-hybridized carbons (Fsp3) is 0.217. The largest absolute Gasteiger partial charge is 0.489 e. The molecule has 0 aliphatic heterocycles. The van der Waals surface area contributed by atoms with Crippen molar-refractivity contribution < 1.29 is 9.84 Å². The van der Waals surface area contributed by atoms with Crippen molar-refractivity contribution in [2.75, 3.05) is 13.2 Å². The Kier molecular flexibility index (Phi) is 7.28. The van der Waals surface area contributed by atoms with E-state index in [-0.39, 0.29) is 6.61 Å². The SMILES string of the molecule is O[C@@H](COc1ccccc1Cl)CN(Cc1ccccc1)Cc1ccccc1. The summed E-state index contributed by atoms with van der Waals surface area (Å²) in [6, 6.07) is 27.9. The van der Waals surface area contributed by atoms with Gasteiger partial charge >= 0.3 is 0 Å². The highest BCUT2D eigenvalue weighted by Crippen LogP contribution is 2.23. The summed E-state index contributed by atoms with van der Waals surface area (Å²) in [5.41, 5.74) is 2.43. The van der Waals surface area contributed by atoms with Crippen molar-refractivity contribution in [2.24, 2.45) is 0 Å². The summed E-state index contributed by atoms with van der Waals surface area (Å²) in [6.07, 6.45) is -0.617. The number of aliphatic hydroxyl groups excluding tert-OH is 1. The molecule has 0 bridgehead atoms. The first-order valence-corrected chi connectivity index (χ1v) is 9.44. The maximum Gasteiger partial charge on any atom is 0.138 e.